The Kier molecular flexibility index (Phi) is 1.60. The predicted octanol–water partition coefficient (Wildman–Crippen LogP) is 0.610. The molecule has 0 atom stereocenters. The number of hydrogen-bond acceptors (Lipinski definition) is 4. The van der Waals surface area contributed by atoms with Gasteiger partial charge < -0.3 is 4.74 Å². The van der Waals surface area contributed by atoms with E-state index in [1.807, 2.05) is 6.07 Å². The molecule has 64 valence electrons. The molecule has 0 saturated carbocycles. The maximum atomic E-state index is 8.69. The van der Waals surface area contributed by atoms with Crippen LogP contribution in [-0.4, -0.2) is 21.7 Å². The van der Waals surface area contributed by atoms with Gasteiger partial charge in [0.2, 0.25) is 5.65 Å². The summed E-state index contributed by atoms with van der Waals surface area (Å²) >= 11 is 0. The standard InChI is InChI=1S/C8H6N4O/c1-13-7-2-6(3-9)4-12-5-10-11-8(7)12/h2,4-5H,1H3. The van der Waals surface area contributed by atoms with E-state index in [-0.39, 0.29) is 0 Å². The van der Waals surface area contributed by atoms with Crippen LogP contribution in [0.3, 0.4) is 0 Å². The van der Waals surface area contributed by atoms with Crippen LogP contribution >= 0.6 is 0 Å². The van der Waals surface area contributed by atoms with Crippen molar-refractivity contribution in [1.82, 2.24) is 14.6 Å². The molecule has 0 spiro atoms. The minimum absolute atomic E-state index is 0.518. The van der Waals surface area contributed by atoms with Gasteiger partial charge in [-0.3, -0.25) is 4.40 Å². The first-order chi connectivity index (χ1) is 6.35. The average Bonchev–Trinajstić information content (AvgIpc) is 2.63. The third-order valence-electron chi connectivity index (χ3n) is 1.71. The molecule has 13 heavy (non-hydrogen) atoms. The minimum Gasteiger partial charge on any atom is -0.493 e. The number of fused-ring (bicyclic) bond motifs is 1. The first-order valence-corrected chi connectivity index (χ1v) is 3.62. The van der Waals surface area contributed by atoms with Crippen molar-refractivity contribution in [3.63, 3.8) is 0 Å². The summed E-state index contributed by atoms with van der Waals surface area (Å²) in [5, 5.41) is 16.2. The van der Waals surface area contributed by atoms with Crippen molar-refractivity contribution in [2.75, 3.05) is 7.11 Å². The normalized spacial score (nSPS) is 9.85. The Bertz CT molecular complexity index is 482. The Labute approximate surface area is 74.2 Å². The summed E-state index contributed by atoms with van der Waals surface area (Å²) < 4.78 is 6.70. The Morgan fingerprint density at radius 2 is 2.46 bits per heavy atom. The smallest absolute Gasteiger partial charge is 0.203 e. The van der Waals surface area contributed by atoms with Crippen molar-refractivity contribution in [3.8, 4) is 11.8 Å². The van der Waals surface area contributed by atoms with Crippen molar-refractivity contribution in [2.24, 2.45) is 0 Å². The van der Waals surface area contributed by atoms with Crippen LogP contribution in [0.1, 0.15) is 5.56 Å². The van der Waals surface area contributed by atoms with Crippen molar-refractivity contribution >= 4 is 5.65 Å². The fourth-order valence-electron chi connectivity index (χ4n) is 1.12. The van der Waals surface area contributed by atoms with E-state index in [0.717, 1.165) is 0 Å². The van der Waals surface area contributed by atoms with E-state index in [9.17, 15) is 0 Å². The van der Waals surface area contributed by atoms with E-state index < -0.39 is 0 Å². The third-order valence-corrected chi connectivity index (χ3v) is 1.71. The second-order valence-corrected chi connectivity index (χ2v) is 2.47. The van der Waals surface area contributed by atoms with Gasteiger partial charge in [0.1, 0.15) is 12.4 Å². The van der Waals surface area contributed by atoms with E-state index in [0.29, 0.717) is 17.0 Å². The van der Waals surface area contributed by atoms with Gasteiger partial charge in [-0.2, -0.15) is 5.26 Å². The zero-order chi connectivity index (χ0) is 9.26. The maximum Gasteiger partial charge on any atom is 0.203 e. The van der Waals surface area contributed by atoms with E-state index in [2.05, 4.69) is 10.2 Å². The average molecular weight is 174 g/mol. The molecule has 2 rings (SSSR count). The summed E-state index contributed by atoms with van der Waals surface area (Å²) in [6.45, 7) is 0. The minimum atomic E-state index is 0.518. The molecule has 0 bridgehead atoms. The van der Waals surface area contributed by atoms with Gasteiger partial charge in [0.25, 0.3) is 0 Å². The Hall–Kier alpha value is -2.09. The quantitative estimate of drug-likeness (QED) is 0.635. The number of rotatable bonds is 1. The largest absolute Gasteiger partial charge is 0.493 e. The van der Waals surface area contributed by atoms with Crippen LogP contribution in [0.2, 0.25) is 0 Å². The molecule has 2 heterocycles. The molecular weight excluding hydrogens is 168 g/mol. The number of nitrogens with zero attached hydrogens (tertiary/aromatic N) is 4. The molecule has 0 unspecified atom stereocenters. The Morgan fingerprint density at radius 3 is 3.15 bits per heavy atom. The van der Waals surface area contributed by atoms with Crippen LogP contribution in [0.25, 0.3) is 5.65 Å². The number of hydrogen-bond donors (Lipinski definition) is 0. The maximum absolute atomic E-state index is 8.69. The zero-order valence-electron chi connectivity index (χ0n) is 6.93. The lowest BCUT2D eigenvalue weighted by molar-refractivity contribution is 0.416. The van der Waals surface area contributed by atoms with Crippen molar-refractivity contribution in [2.45, 2.75) is 0 Å². The second kappa shape index (κ2) is 2.75. The van der Waals surface area contributed by atoms with Crippen molar-refractivity contribution in [1.29, 1.82) is 5.26 Å². The summed E-state index contributed by atoms with van der Waals surface area (Å²) in [4.78, 5) is 0. The zero-order valence-corrected chi connectivity index (χ0v) is 6.93. The number of ether oxygens (including phenoxy) is 1. The number of aromatic nitrogens is 3. The number of nitriles is 1. The highest BCUT2D eigenvalue weighted by Gasteiger charge is 2.05. The van der Waals surface area contributed by atoms with Crippen LogP contribution in [0.5, 0.6) is 5.75 Å². The monoisotopic (exact) mass is 174 g/mol. The van der Waals surface area contributed by atoms with Gasteiger partial charge in [-0.15, -0.1) is 10.2 Å². The molecule has 5 nitrogen and oxygen atoms in total. The lowest BCUT2D eigenvalue weighted by atomic mass is 10.3. The summed E-state index contributed by atoms with van der Waals surface area (Å²) in [6, 6.07) is 3.66. The topological polar surface area (TPSA) is 63.2 Å². The Morgan fingerprint density at radius 1 is 1.62 bits per heavy atom. The SMILES string of the molecule is COc1cc(C#N)cn2cnnc12. The van der Waals surface area contributed by atoms with E-state index in [1.165, 1.54) is 13.4 Å². The summed E-state index contributed by atoms with van der Waals surface area (Å²) in [5.41, 5.74) is 1.13. The molecule has 0 radical (unpaired) electrons. The summed E-state index contributed by atoms with van der Waals surface area (Å²) in [7, 11) is 1.53. The molecule has 0 aliphatic heterocycles. The highest BCUT2D eigenvalue weighted by Crippen LogP contribution is 2.18. The molecule has 0 N–H and O–H groups in total. The van der Waals surface area contributed by atoms with Gasteiger partial charge in [-0.25, -0.2) is 0 Å². The Balaban J connectivity index is 2.79. The molecule has 0 amide bonds. The lowest BCUT2D eigenvalue weighted by Crippen LogP contribution is -1.91. The van der Waals surface area contributed by atoms with Gasteiger partial charge in [-0.1, -0.05) is 0 Å². The van der Waals surface area contributed by atoms with Gasteiger partial charge in [-0.05, 0) is 0 Å². The molecule has 5 heteroatoms. The van der Waals surface area contributed by atoms with Crippen molar-refractivity contribution in [3.05, 3.63) is 24.2 Å². The molecule has 2 aromatic heterocycles. The molecule has 0 fully saturated rings. The predicted molar refractivity (Wildman–Crippen MR) is 44.3 cm³/mol. The lowest BCUT2D eigenvalue weighted by Gasteiger charge is -2.00. The molecule has 0 aliphatic rings. The fourth-order valence-corrected chi connectivity index (χ4v) is 1.12. The third kappa shape index (κ3) is 1.08. The van der Waals surface area contributed by atoms with E-state index >= 15 is 0 Å². The summed E-state index contributed by atoms with van der Waals surface area (Å²) in [5.74, 6) is 0.552. The van der Waals surface area contributed by atoms with Crippen LogP contribution in [0, 0.1) is 11.3 Å². The summed E-state index contributed by atoms with van der Waals surface area (Å²) in [6.07, 6.45) is 3.18. The molecule has 0 aromatic carbocycles. The van der Waals surface area contributed by atoms with Crippen LogP contribution in [-0.2, 0) is 0 Å². The fraction of sp³-hybridized carbons (Fsp3) is 0.125. The highest BCUT2D eigenvalue weighted by molar-refractivity contribution is 5.55. The van der Waals surface area contributed by atoms with Crippen LogP contribution in [0.4, 0.5) is 0 Å². The molecule has 0 saturated heterocycles. The highest BCUT2D eigenvalue weighted by atomic mass is 16.5. The first kappa shape index (κ1) is 7.55. The van der Waals surface area contributed by atoms with Gasteiger partial charge in [0.05, 0.1) is 12.7 Å². The molecular formula is C8H6N4O. The first-order valence-electron chi connectivity index (χ1n) is 3.62. The van der Waals surface area contributed by atoms with E-state index in [1.54, 1.807) is 16.7 Å². The van der Waals surface area contributed by atoms with Gasteiger partial charge in [0, 0.05) is 12.3 Å². The number of pyridine rings is 1. The van der Waals surface area contributed by atoms with Crippen LogP contribution in [0.15, 0.2) is 18.6 Å². The van der Waals surface area contributed by atoms with Crippen molar-refractivity contribution < 1.29 is 4.74 Å². The van der Waals surface area contributed by atoms with Gasteiger partial charge >= 0.3 is 0 Å². The van der Waals surface area contributed by atoms with E-state index in [4.69, 9.17) is 10.00 Å². The molecule has 2 aromatic rings. The van der Waals surface area contributed by atoms with Gasteiger partial charge in [0.15, 0.2) is 5.75 Å². The number of methoxy groups -OCH3 is 1. The molecule has 0 aliphatic carbocycles. The van der Waals surface area contributed by atoms with Crippen LogP contribution < -0.4 is 4.74 Å². The second-order valence-electron chi connectivity index (χ2n) is 2.47.